The summed E-state index contributed by atoms with van der Waals surface area (Å²) in [6.45, 7) is 4.00. The van der Waals surface area contributed by atoms with Crippen LogP contribution < -0.4 is 0 Å². The molecule has 1 aliphatic carbocycles. The van der Waals surface area contributed by atoms with Crippen molar-refractivity contribution in [2.45, 2.75) is 32.9 Å². The quantitative estimate of drug-likeness (QED) is 0.508. The van der Waals surface area contributed by atoms with E-state index in [2.05, 4.69) is 0 Å². The fourth-order valence-electron chi connectivity index (χ4n) is 0.763. The highest BCUT2D eigenvalue weighted by Crippen LogP contribution is 2.13. The van der Waals surface area contributed by atoms with Crippen molar-refractivity contribution in [1.82, 2.24) is 0 Å². The van der Waals surface area contributed by atoms with Gasteiger partial charge in [0, 0.05) is 0 Å². The topological polar surface area (TPSA) is 0 Å². The van der Waals surface area contributed by atoms with Crippen molar-refractivity contribution >= 4 is 0 Å². The molecule has 0 radical (unpaired) electrons. The Morgan fingerprint density at radius 2 is 2.09 bits per heavy atom. The van der Waals surface area contributed by atoms with Crippen LogP contribution in [0.1, 0.15) is 26.7 Å². The van der Waals surface area contributed by atoms with E-state index in [-0.39, 0.29) is 0 Å². The van der Waals surface area contributed by atoms with Crippen molar-refractivity contribution in [3.63, 3.8) is 0 Å². The number of hydrogen-bond acceptors (Lipinski definition) is 0. The lowest BCUT2D eigenvalue weighted by Gasteiger charge is -1.94. The minimum Gasteiger partial charge on any atom is -0.243 e. The van der Waals surface area contributed by atoms with Gasteiger partial charge in [-0.2, -0.15) is 0 Å². The largest absolute Gasteiger partial charge is 0.243 e. The van der Waals surface area contributed by atoms with Crippen LogP contribution in [0.3, 0.4) is 0 Å². The van der Waals surface area contributed by atoms with Crippen LogP contribution in [-0.4, -0.2) is 6.17 Å². The van der Waals surface area contributed by atoms with Gasteiger partial charge in [0.05, 0.1) is 0 Å². The molecule has 0 aromatic rings. The number of halogens is 2. The van der Waals surface area contributed by atoms with Gasteiger partial charge in [0.2, 0.25) is 0 Å². The van der Waals surface area contributed by atoms with E-state index in [1.54, 1.807) is 6.08 Å². The predicted molar refractivity (Wildman–Crippen MR) is 43.8 cm³/mol. The molecule has 0 aromatic heterocycles. The number of allylic oxidation sites excluding steroid dienone is 4. The molecule has 0 fully saturated rings. The van der Waals surface area contributed by atoms with Crippen molar-refractivity contribution in [3.8, 4) is 0 Å². The third-order valence-corrected chi connectivity index (χ3v) is 1.23. The van der Waals surface area contributed by atoms with Crippen molar-refractivity contribution < 1.29 is 8.78 Å². The van der Waals surface area contributed by atoms with E-state index in [0.717, 1.165) is 6.08 Å². The van der Waals surface area contributed by atoms with Crippen LogP contribution in [0, 0.1) is 0 Å². The Kier molecular flexibility index (Phi) is 5.71. The van der Waals surface area contributed by atoms with Crippen LogP contribution in [0.2, 0.25) is 0 Å². The van der Waals surface area contributed by atoms with E-state index in [9.17, 15) is 8.78 Å². The Labute approximate surface area is 66.6 Å². The van der Waals surface area contributed by atoms with E-state index in [1.165, 1.54) is 6.08 Å². The molecule has 2 heteroatoms. The Bertz CT molecular complexity index is 148. The Balaban J connectivity index is 0.000000461. The second-order valence-electron chi connectivity index (χ2n) is 2.05. The molecule has 0 aliphatic heterocycles. The monoisotopic (exact) mass is 160 g/mol. The summed E-state index contributed by atoms with van der Waals surface area (Å²) in [4.78, 5) is 0. The summed E-state index contributed by atoms with van der Waals surface area (Å²) < 4.78 is 24.6. The molecular weight excluding hydrogens is 146 g/mol. The fourth-order valence-corrected chi connectivity index (χ4v) is 0.763. The van der Waals surface area contributed by atoms with E-state index in [4.69, 9.17) is 0 Å². The SMILES string of the molecule is CC.FC1=CC(F)CCC=C1. The van der Waals surface area contributed by atoms with Crippen molar-refractivity contribution in [3.05, 3.63) is 24.1 Å². The van der Waals surface area contributed by atoms with Gasteiger partial charge in [-0.25, -0.2) is 8.78 Å². The lowest BCUT2D eigenvalue weighted by atomic mass is 10.2. The summed E-state index contributed by atoms with van der Waals surface area (Å²) in [5.41, 5.74) is 0. The van der Waals surface area contributed by atoms with Crippen molar-refractivity contribution in [2.75, 3.05) is 0 Å². The summed E-state index contributed by atoms with van der Waals surface area (Å²) in [5, 5.41) is 0. The molecule has 0 aromatic carbocycles. The minimum absolute atomic E-state index is 0.407. The second kappa shape index (κ2) is 6.08. The molecule has 11 heavy (non-hydrogen) atoms. The summed E-state index contributed by atoms with van der Waals surface area (Å²) >= 11 is 0. The van der Waals surface area contributed by atoms with Gasteiger partial charge in [0.25, 0.3) is 0 Å². The molecule has 0 nitrogen and oxygen atoms in total. The first kappa shape index (κ1) is 10.3. The maximum absolute atomic E-state index is 12.3. The molecule has 0 spiro atoms. The molecule has 0 heterocycles. The number of rotatable bonds is 0. The lowest BCUT2D eigenvalue weighted by Crippen LogP contribution is -1.91. The predicted octanol–water partition coefficient (Wildman–Crippen LogP) is 3.55. The maximum Gasteiger partial charge on any atom is 0.122 e. The average Bonchev–Trinajstić information content (AvgIpc) is 2.18. The first-order chi connectivity index (χ1) is 5.29. The second-order valence-corrected chi connectivity index (χ2v) is 2.05. The van der Waals surface area contributed by atoms with Gasteiger partial charge in [-0.3, -0.25) is 0 Å². The van der Waals surface area contributed by atoms with Gasteiger partial charge >= 0.3 is 0 Å². The Hall–Kier alpha value is -0.660. The maximum atomic E-state index is 12.3. The fraction of sp³-hybridized carbons (Fsp3) is 0.556. The summed E-state index contributed by atoms with van der Waals surface area (Å²) in [6.07, 6.45) is 3.89. The molecule has 0 bridgehead atoms. The van der Waals surface area contributed by atoms with Gasteiger partial charge in [-0.05, 0) is 25.0 Å². The highest BCUT2D eigenvalue weighted by atomic mass is 19.1. The van der Waals surface area contributed by atoms with Gasteiger partial charge in [0.15, 0.2) is 0 Å². The highest BCUT2D eigenvalue weighted by Gasteiger charge is 2.04. The molecule has 1 rings (SSSR count). The molecule has 0 N–H and O–H groups in total. The Morgan fingerprint density at radius 1 is 1.45 bits per heavy atom. The van der Waals surface area contributed by atoms with Crippen LogP contribution in [-0.2, 0) is 0 Å². The molecule has 0 saturated carbocycles. The molecule has 0 saturated heterocycles. The van der Waals surface area contributed by atoms with Gasteiger partial charge in [-0.15, -0.1) is 0 Å². The first-order valence-electron chi connectivity index (χ1n) is 3.97. The summed E-state index contributed by atoms with van der Waals surface area (Å²) in [7, 11) is 0. The van der Waals surface area contributed by atoms with Crippen LogP contribution in [0.4, 0.5) is 8.78 Å². The lowest BCUT2D eigenvalue weighted by molar-refractivity contribution is 0.377. The van der Waals surface area contributed by atoms with Crippen molar-refractivity contribution in [1.29, 1.82) is 0 Å². The van der Waals surface area contributed by atoms with E-state index in [1.807, 2.05) is 13.8 Å². The minimum atomic E-state index is -1.10. The zero-order valence-electron chi connectivity index (χ0n) is 6.98. The van der Waals surface area contributed by atoms with Gasteiger partial charge in [-0.1, -0.05) is 19.9 Å². The number of hydrogen-bond donors (Lipinski definition) is 0. The van der Waals surface area contributed by atoms with Crippen LogP contribution in [0.25, 0.3) is 0 Å². The average molecular weight is 160 g/mol. The third kappa shape index (κ3) is 4.71. The molecule has 1 aliphatic rings. The first-order valence-corrected chi connectivity index (χ1v) is 3.97. The van der Waals surface area contributed by atoms with E-state index in [0.29, 0.717) is 12.8 Å². The van der Waals surface area contributed by atoms with Crippen molar-refractivity contribution in [2.24, 2.45) is 0 Å². The number of alkyl halides is 1. The summed E-state index contributed by atoms with van der Waals surface area (Å²) in [6, 6.07) is 0. The van der Waals surface area contributed by atoms with Crippen LogP contribution in [0.15, 0.2) is 24.1 Å². The highest BCUT2D eigenvalue weighted by molar-refractivity contribution is 5.15. The normalized spacial score (nSPS) is 22.9. The molecular formula is C9H14F2. The Morgan fingerprint density at radius 3 is 2.73 bits per heavy atom. The zero-order chi connectivity index (χ0) is 8.69. The van der Waals surface area contributed by atoms with Gasteiger partial charge in [0.1, 0.15) is 12.0 Å². The van der Waals surface area contributed by atoms with Crippen LogP contribution >= 0.6 is 0 Å². The molecule has 1 unspecified atom stereocenters. The molecule has 0 amide bonds. The molecule has 64 valence electrons. The molecule has 1 atom stereocenters. The zero-order valence-corrected chi connectivity index (χ0v) is 6.98. The smallest absolute Gasteiger partial charge is 0.122 e. The standard InChI is InChI=1S/C7H8F2.C2H6/c8-6-3-1-2-4-7(9)5-6;1-2/h1,3,5,7H,2,4H2;1-2H3. The van der Waals surface area contributed by atoms with Gasteiger partial charge < -0.3 is 0 Å². The van der Waals surface area contributed by atoms with E-state index >= 15 is 0 Å². The van der Waals surface area contributed by atoms with Crippen LogP contribution in [0.5, 0.6) is 0 Å². The third-order valence-electron chi connectivity index (χ3n) is 1.23. The van der Waals surface area contributed by atoms with E-state index < -0.39 is 12.0 Å². The summed E-state index contributed by atoms with van der Waals surface area (Å²) in [5.74, 6) is -0.458.